The maximum atomic E-state index is 12.5. The Morgan fingerprint density at radius 3 is 2.93 bits per heavy atom. The SMILES string of the molecule is CNC(=O)c1sc2ccccc2c1C1CCN(CCCOc2cccc(C)c2)C1. The van der Waals surface area contributed by atoms with Gasteiger partial charge < -0.3 is 15.0 Å². The number of thiophene rings is 1. The molecule has 2 heterocycles. The van der Waals surface area contributed by atoms with Crippen LogP contribution in [0.25, 0.3) is 10.1 Å². The molecular formula is C24H28N2O2S. The van der Waals surface area contributed by atoms with E-state index in [1.54, 1.807) is 18.4 Å². The van der Waals surface area contributed by atoms with Crippen molar-refractivity contribution in [3.05, 3.63) is 64.5 Å². The van der Waals surface area contributed by atoms with Crippen molar-refractivity contribution < 1.29 is 9.53 Å². The highest BCUT2D eigenvalue weighted by atomic mass is 32.1. The van der Waals surface area contributed by atoms with E-state index >= 15 is 0 Å². The number of nitrogens with zero attached hydrogens (tertiary/aromatic N) is 1. The zero-order chi connectivity index (χ0) is 20.2. The normalized spacial score (nSPS) is 17.0. The Hall–Kier alpha value is -2.37. The lowest BCUT2D eigenvalue weighted by Gasteiger charge is -2.17. The third-order valence-corrected chi connectivity index (χ3v) is 6.81. The third kappa shape index (κ3) is 4.46. The van der Waals surface area contributed by atoms with Crippen LogP contribution in [0, 0.1) is 6.92 Å². The van der Waals surface area contributed by atoms with Gasteiger partial charge in [0, 0.05) is 30.8 Å². The van der Waals surface area contributed by atoms with Crippen molar-refractivity contribution >= 4 is 27.3 Å². The second-order valence-electron chi connectivity index (χ2n) is 7.72. The average molecular weight is 409 g/mol. The van der Waals surface area contributed by atoms with E-state index in [-0.39, 0.29) is 5.91 Å². The van der Waals surface area contributed by atoms with Crippen LogP contribution in [-0.4, -0.2) is 44.1 Å². The van der Waals surface area contributed by atoms with Gasteiger partial charge in [0.2, 0.25) is 0 Å². The number of rotatable bonds is 7. The fourth-order valence-corrected chi connectivity index (χ4v) is 5.44. The summed E-state index contributed by atoms with van der Waals surface area (Å²) in [5.41, 5.74) is 2.46. The maximum Gasteiger partial charge on any atom is 0.261 e. The Labute approximate surface area is 176 Å². The number of fused-ring (bicyclic) bond motifs is 1. The quantitative estimate of drug-likeness (QED) is 0.570. The highest BCUT2D eigenvalue weighted by Gasteiger charge is 2.30. The summed E-state index contributed by atoms with van der Waals surface area (Å²) in [6, 6.07) is 16.6. The number of benzene rings is 2. The van der Waals surface area contributed by atoms with Crippen LogP contribution >= 0.6 is 11.3 Å². The second kappa shape index (κ2) is 8.97. The second-order valence-corrected chi connectivity index (χ2v) is 8.78. The van der Waals surface area contributed by atoms with E-state index in [0.29, 0.717) is 5.92 Å². The molecule has 1 atom stereocenters. The number of hydrogen-bond donors (Lipinski definition) is 1. The van der Waals surface area contributed by atoms with Gasteiger partial charge in [-0.1, -0.05) is 30.3 Å². The summed E-state index contributed by atoms with van der Waals surface area (Å²) < 4.78 is 7.09. The van der Waals surface area contributed by atoms with E-state index in [2.05, 4.69) is 47.5 Å². The van der Waals surface area contributed by atoms with Crippen LogP contribution < -0.4 is 10.1 Å². The van der Waals surface area contributed by atoms with Gasteiger partial charge in [0.25, 0.3) is 5.91 Å². The lowest BCUT2D eigenvalue weighted by molar-refractivity contribution is 0.0966. The first-order valence-electron chi connectivity index (χ1n) is 10.3. The molecule has 1 aliphatic rings. The number of nitrogens with one attached hydrogen (secondary N) is 1. The Balaban J connectivity index is 1.38. The molecule has 0 spiro atoms. The molecule has 1 amide bonds. The predicted molar refractivity (Wildman–Crippen MR) is 120 cm³/mol. The zero-order valence-electron chi connectivity index (χ0n) is 17.1. The lowest BCUT2D eigenvalue weighted by Crippen LogP contribution is -2.24. The summed E-state index contributed by atoms with van der Waals surface area (Å²) in [5, 5.41) is 4.06. The molecule has 152 valence electrons. The number of carbonyl (C=O) groups is 1. The molecular weight excluding hydrogens is 380 g/mol. The zero-order valence-corrected chi connectivity index (χ0v) is 17.9. The molecule has 0 aliphatic carbocycles. The van der Waals surface area contributed by atoms with Crippen LogP contribution in [0.3, 0.4) is 0 Å². The first-order valence-corrected chi connectivity index (χ1v) is 11.1. The Morgan fingerprint density at radius 2 is 2.10 bits per heavy atom. The molecule has 4 rings (SSSR count). The fourth-order valence-electron chi connectivity index (χ4n) is 4.21. The molecule has 1 N–H and O–H groups in total. The number of likely N-dealkylation sites (tertiary alicyclic amines) is 1. The van der Waals surface area contributed by atoms with E-state index in [4.69, 9.17) is 4.74 Å². The van der Waals surface area contributed by atoms with Gasteiger partial charge in [0.1, 0.15) is 5.75 Å². The van der Waals surface area contributed by atoms with Crippen LogP contribution in [0.2, 0.25) is 0 Å². The van der Waals surface area contributed by atoms with E-state index in [1.165, 1.54) is 21.2 Å². The summed E-state index contributed by atoms with van der Waals surface area (Å²) in [6.07, 6.45) is 2.11. The Kier molecular flexibility index (Phi) is 6.16. The smallest absolute Gasteiger partial charge is 0.261 e. The molecule has 1 unspecified atom stereocenters. The molecule has 1 aromatic heterocycles. The van der Waals surface area contributed by atoms with Crippen LogP contribution in [0.4, 0.5) is 0 Å². The van der Waals surface area contributed by atoms with Gasteiger partial charge in [0.15, 0.2) is 0 Å². The number of carbonyl (C=O) groups excluding carboxylic acids is 1. The highest BCUT2D eigenvalue weighted by Crippen LogP contribution is 2.40. The van der Waals surface area contributed by atoms with Crippen molar-refractivity contribution in [3.63, 3.8) is 0 Å². The van der Waals surface area contributed by atoms with Gasteiger partial charge in [0.05, 0.1) is 11.5 Å². The molecule has 1 saturated heterocycles. The van der Waals surface area contributed by atoms with Gasteiger partial charge in [-0.05, 0) is 61.0 Å². The van der Waals surface area contributed by atoms with Crippen LogP contribution in [-0.2, 0) is 0 Å². The maximum absolute atomic E-state index is 12.5. The minimum absolute atomic E-state index is 0.0335. The van der Waals surface area contributed by atoms with Crippen molar-refractivity contribution in [1.82, 2.24) is 10.2 Å². The number of ether oxygens (including phenoxy) is 1. The molecule has 2 aromatic carbocycles. The molecule has 0 bridgehead atoms. The topological polar surface area (TPSA) is 41.6 Å². The standard InChI is InChI=1S/C24H28N2O2S/c1-17-7-5-8-19(15-17)28-14-6-12-26-13-11-18(16-26)22-20-9-3-4-10-21(20)29-23(22)24(27)25-2/h3-5,7-10,15,18H,6,11-14,16H2,1-2H3,(H,25,27). The highest BCUT2D eigenvalue weighted by molar-refractivity contribution is 7.21. The molecule has 29 heavy (non-hydrogen) atoms. The van der Waals surface area contributed by atoms with Gasteiger partial charge in [-0.2, -0.15) is 0 Å². The summed E-state index contributed by atoms with van der Waals surface area (Å²) >= 11 is 1.61. The summed E-state index contributed by atoms with van der Waals surface area (Å²) in [4.78, 5) is 15.9. The van der Waals surface area contributed by atoms with Crippen LogP contribution in [0.15, 0.2) is 48.5 Å². The largest absolute Gasteiger partial charge is 0.494 e. The van der Waals surface area contributed by atoms with Crippen molar-refractivity contribution in [2.45, 2.75) is 25.7 Å². The molecule has 5 heteroatoms. The minimum Gasteiger partial charge on any atom is -0.494 e. The van der Waals surface area contributed by atoms with Crippen molar-refractivity contribution in [2.24, 2.45) is 0 Å². The summed E-state index contributed by atoms with van der Waals surface area (Å²) in [6.45, 7) is 5.93. The van der Waals surface area contributed by atoms with Gasteiger partial charge >= 0.3 is 0 Å². The molecule has 1 fully saturated rings. The number of hydrogen-bond acceptors (Lipinski definition) is 4. The average Bonchev–Trinajstić information content (AvgIpc) is 3.35. The number of amides is 1. The van der Waals surface area contributed by atoms with E-state index in [9.17, 15) is 4.79 Å². The van der Waals surface area contributed by atoms with E-state index in [0.717, 1.165) is 49.7 Å². The van der Waals surface area contributed by atoms with Gasteiger partial charge in [-0.15, -0.1) is 11.3 Å². The van der Waals surface area contributed by atoms with Crippen molar-refractivity contribution in [2.75, 3.05) is 33.3 Å². The molecule has 0 radical (unpaired) electrons. The van der Waals surface area contributed by atoms with E-state index in [1.807, 2.05) is 18.2 Å². The minimum atomic E-state index is 0.0335. The van der Waals surface area contributed by atoms with Crippen molar-refractivity contribution in [1.29, 1.82) is 0 Å². The van der Waals surface area contributed by atoms with Crippen LogP contribution in [0.5, 0.6) is 5.75 Å². The van der Waals surface area contributed by atoms with Crippen LogP contribution in [0.1, 0.15) is 39.6 Å². The first-order chi connectivity index (χ1) is 14.2. The third-order valence-electron chi connectivity index (χ3n) is 5.62. The first kappa shape index (κ1) is 19.9. The Morgan fingerprint density at radius 1 is 1.24 bits per heavy atom. The van der Waals surface area contributed by atoms with Crippen molar-refractivity contribution in [3.8, 4) is 5.75 Å². The molecule has 1 aliphatic heterocycles. The molecule has 0 saturated carbocycles. The number of aryl methyl sites for hydroxylation is 1. The van der Waals surface area contributed by atoms with Gasteiger partial charge in [-0.25, -0.2) is 0 Å². The Bertz CT molecular complexity index is 997. The summed E-state index contributed by atoms with van der Waals surface area (Å²) in [5.74, 6) is 1.40. The lowest BCUT2D eigenvalue weighted by atomic mass is 9.95. The van der Waals surface area contributed by atoms with E-state index < -0.39 is 0 Å². The molecule has 4 nitrogen and oxygen atoms in total. The monoisotopic (exact) mass is 408 g/mol. The van der Waals surface area contributed by atoms with Gasteiger partial charge in [-0.3, -0.25) is 4.79 Å². The predicted octanol–water partition coefficient (Wildman–Crippen LogP) is 4.83. The summed E-state index contributed by atoms with van der Waals surface area (Å²) in [7, 11) is 1.71. The fraction of sp³-hybridized carbons (Fsp3) is 0.375. The molecule has 3 aromatic rings.